The van der Waals surface area contributed by atoms with Crippen molar-refractivity contribution in [1.82, 2.24) is 15.0 Å². The SMILES string of the molecule is CCCc1ncc(C#N)cc1Nc1nccc(-c2cc(C#N)c3c(c2)[C@@](C)(CO)CN3)n1. The number of aliphatic hydroxyl groups is 1. The molecule has 8 nitrogen and oxygen atoms in total. The molecule has 0 aliphatic carbocycles. The van der Waals surface area contributed by atoms with Gasteiger partial charge in [-0.2, -0.15) is 10.5 Å². The minimum absolute atomic E-state index is 0.0274. The largest absolute Gasteiger partial charge is 0.395 e. The average Bonchev–Trinajstić information content (AvgIpc) is 3.17. The number of hydrogen-bond acceptors (Lipinski definition) is 8. The topological polar surface area (TPSA) is 131 Å². The fourth-order valence-corrected chi connectivity index (χ4v) is 3.86. The Hall–Kier alpha value is -4.01. The fourth-order valence-electron chi connectivity index (χ4n) is 3.86. The average molecular weight is 425 g/mol. The molecule has 160 valence electrons. The van der Waals surface area contributed by atoms with E-state index in [2.05, 4.69) is 44.6 Å². The summed E-state index contributed by atoms with van der Waals surface area (Å²) in [5.41, 5.74) is 5.13. The molecule has 0 spiro atoms. The van der Waals surface area contributed by atoms with Crippen LogP contribution in [0.3, 0.4) is 0 Å². The Bertz CT molecular complexity index is 1260. The summed E-state index contributed by atoms with van der Waals surface area (Å²) in [6.07, 6.45) is 4.89. The molecule has 0 fully saturated rings. The van der Waals surface area contributed by atoms with Crippen LogP contribution in [0.2, 0.25) is 0 Å². The van der Waals surface area contributed by atoms with Crippen molar-refractivity contribution in [3.05, 3.63) is 59.0 Å². The molecule has 3 N–H and O–H groups in total. The number of aliphatic hydroxyl groups excluding tert-OH is 1. The van der Waals surface area contributed by atoms with Gasteiger partial charge in [0.15, 0.2) is 0 Å². The number of anilines is 3. The molecule has 1 aliphatic heterocycles. The molecule has 3 aromatic rings. The molecule has 1 aliphatic rings. The third-order valence-corrected chi connectivity index (χ3v) is 5.70. The van der Waals surface area contributed by atoms with Crippen molar-refractivity contribution >= 4 is 17.3 Å². The molecule has 0 bridgehead atoms. The predicted molar refractivity (Wildman–Crippen MR) is 121 cm³/mol. The van der Waals surface area contributed by atoms with E-state index in [1.54, 1.807) is 30.6 Å². The van der Waals surface area contributed by atoms with Crippen LogP contribution in [0.25, 0.3) is 11.3 Å². The van der Waals surface area contributed by atoms with E-state index in [0.29, 0.717) is 35.0 Å². The van der Waals surface area contributed by atoms with Gasteiger partial charge in [-0.3, -0.25) is 4.98 Å². The molecule has 0 radical (unpaired) electrons. The molecule has 4 rings (SSSR count). The number of fused-ring (bicyclic) bond motifs is 1. The Kier molecular flexibility index (Phi) is 5.72. The van der Waals surface area contributed by atoms with Crippen LogP contribution in [0.5, 0.6) is 0 Å². The molecule has 8 heteroatoms. The number of nitrogens with zero attached hydrogens (tertiary/aromatic N) is 5. The van der Waals surface area contributed by atoms with Gasteiger partial charge in [-0.1, -0.05) is 20.3 Å². The first-order chi connectivity index (χ1) is 15.5. The van der Waals surface area contributed by atoms with Crippen LogP contribution in [0.15, 0.2) is 36.7 Å². The van der Waals surface area contributed by atoms with Crippen molar-refractivity contribution < 1.29 is 5.11 Å². The fraction of sp³-hybridized carbons (Fsp3) is 0.292. The van der Waals surface area contributed by atoms with E-state index in [1.165, 1.54) is 0 Å². The van der Waals surface area contributed by atoms with Gasteiger partial charge in [-0.05, 0) is 36.2 Å². The summed E-state index contributed by atoms with van der Waals surface area (Å²) in [5, 5.41) is 35.3. The molecule has 2 aromatic heterocycles. The number of benzene rings is 1. The second kappa shape index (κ2) is 8.62. The van der Waals surface area contributed by atoms with Gasteiger partial charge in [0.2, 0.25) is 5.95 Å². The lowest BCUT2D eigenvalue weighted by atomic mass is 9.83. The van der Waals surface area contributed by atoms with Gasteiger partial charge in [0, 0.05) is 29.9 Å². The lowest BCUT2D eigenvalue weighted by molar-refractivity contribution is 0.219. The molecule has 0 amide bonds. The zero-order valence-corrected chi connectivity index (χ0v) is 18.0. The number of hydrogen-bond donors (Lipinski definition) is 3. The number of nitriles is 2. The van der Waals surface area contributed by atoms with Crippen molar-refractivity contribution in [2.75, 3.05) is 23.8 Å². The number of nitrogens with one attached hydrogen (secondary N) is 2. The van der Waals surface area contributed by atoms with Crippen molar-refractivity contribution in [2.45, 2.75) is 32.1 Å². The number of aromatic nitrogens is 3. The van der Waals surface area contributed by atoms with Gasteiger partial charge in [0.05, 0.1) is 40.5 Å². The van der Waals surface area contributed by atoms with Crippen LogP contribution in [-0.4, -0.2) is 33.2 Å². The van der Waals surface area contributed by atoms with E-state index in [0.717, 1.165) is 35.3 Å². The summed E-state index contributed by atoms with van der Waals surface area (Å²) in [5.74, 6) is 0.374. The van der Waals surface area contributed by atoms with Gasteiger partial charge in [-0.25, -0.2) is 9.97 Å². The van der Waals surface area contributed by atoms with Gasteiger partial charge in [0.25, 0.3) is 0 Å². The maximum Gasteiger partial charge on any atom is 0.227 e. The molecule has 32 heavy (non-hydrogen) atoms. The van der Waals surface area contributed by atoms with Crippen LogP contribution in [0, 0.1) is 22.7 Å². The molecular weight excluding hydrogens is 402 g/mol. The van der Waals surface area contributed by atoms with Crippen LogP contribution in [0.4, 0.5) is 17.3 Å². The maximum absolute atomic E-state index is 9.93. The van der Waals surface area contributed by atoms with E-state index >= 15 is 0 Å². The Morgan fingerprint density at radius 3 is 2.78 bits per heavy atom. The first-order valence-electron chi connectivity index (χ1n) is 10.4. The van der Waals surface area contributed by atoms with Crippen molar-refractivity contribution in [3.63, 3.8) is 0 Å². The smallest absolute Gasteiger partial charge is 0.227 e. The van der Waals surface area contributed by atoms with Crippen molar-refractivity contribution in [2.24, 2.45) is 0 Å². The zero-order chi connectivity index (χ0) is 22.7. The Labute approximate surface area is 186 Å². The van der Waals surface area contributed by atoms with Gasteiger partial charge < -0.3 is 15.7 Å². The number of rotatable bonds is 6. The monoisotopic (exact) mass is 425 g/mol. The van der Waals surface area contributed by atoms with E-state index in [-0.39, 0.29) is 6.61 Å². The summed E-state index contributed by atoms with van der Waals surface area (Å²) < 4.78 is 0. The minimum atomic E-state index is -0.469. The van der Waals surface area contributed by atoms with Gasteiger partial charge in [-0.15, -0.1) is 0 Å². The maximum atomic E-state index is 9.93. The highest BCUT2D eigenvalue weighted by Crippen LogP contribution is 2.41. The molecule has 0 saturated heterocycles. The van der Waals surface area contributed by atoms with Crippen LogP contribution < -0.4 is 10.6 Å². The molecule has 0 unspecified atom stereocenters. The second-order valence-corrected chi connectivity index (χ2v) is 8.10. The Morgan fingerprint density at radius 1 is 1.22 bits per heavy atom. The summed E-state index contributed by atoms with van der Waals surface area (Å²) in [4.78, 5) is 13.4. The van der Waals surface area contributed by atoms with Gasteiger partial charge in [0.1, 0.15) is 12.1 Å². The van der Waals surface area contributed by atoms with Crippen molar-refractivity contribution in [3.8, 4) is 23.4 Å². The number of pyridine rings is 1. The normalized spacial score (nSPS) is 16.5. The summed E-state index contributed by atoms with van der Waals surface area (Å²) >= 11 is 0. The van der Waals surface area contributed by atoms with E-state index in [4.69, 9.17) is 0 Å². The van der Waals surface area contributed by atoms with Crippen LogP contribution in [-0.2, 0) is 11.8 Å². The third-order valence-electron chi connectivity index (χ3n) is 5.70. The Morgan fingerprint density at radius 2 is 2.06 bits per heavy atom. The highest BCUT2D eigenvalue weighted by molar-refractivity contribution is 5.76. The highest BCUT2D eigenvalue weighted by Gasteiger charge is 2.35. The quantitative estimate of drug-likeness (QED) is 0.545. The van der Waals surface area contributed by atoms with Gasteiger partial charge >= 0.3 is 0 Å². The Balaban J connectivity index is 1.74. The van der Waals surface area contributed by atoms with Crippen LogP contribution in [0.1, 0.15) is 42.7 Å². The molecule has 1 atom stereocenters. The van der Waals surface area contributed by atoms with E-state index in [1.807, 2.05) is 13.0 Å². The lowest BCUT2D eigenvalue weighted by Crippen LogP contribution is -2.28. The minimum Gasteiger partial charge on any atom is -0.395 e. The standard InChI is InChI=1S/C24H23N7O/c1-3-4-20-21(7-15(10-25)12-28-20)31-23-27-6-5-19(30-23)16-8-17(11-26)22-18(9-16)24(2,14-32)13-29-22/h5-9,12,29,32H,3-4,13-14H2,1-2H3,(H,27,30,31)/t24-/m1/s1. The first-order valence-corrected chi connectivity index (χ1v) is 10.4. The van der Waals surface area contributed by atoms with Crippen molar-refractivity contribution in [1.29, 1.82) is 10.5 Å². The second-order valence-electron chi connectivity index (χ2n) is 8.10. The number of aryl methyl sites for hydroxylation is 1. The molecule has 0 saturated carbocycles. The third kappa shape index (κ3) is 3.84. The van der Waals surface area contributed by atoms with E-state index < -0.39 is 5.41 Å². The summed E-state index contributed by atoms with van der Waals surface area (Å²) in [6.45, 7) is 4.57. The first kappa shape index (κ1) is 21.2. The lowest BCUT2D eigenvalue weighted by Gasteiger charge is -2.21. The zero-order valence-electron chi connectivity index (χ0n) is 18.0. The summed E-state index contributed by atoms with van der Waals surface area (Å²) in [6, 6.07) is 11.6. The predicted octanol–water partition coefficient (Wildman–Crippen LogP) is 3.65. The molecular formula is C24H23N7O. The van der Waals surface area contributed by atoms with Crippen LogP contribution >= 0.6 is 0 Å². The molecule has 3 heterocycles. The molecule has 1 aromatic carbocycles. The van der Waals surface area contributed by atoms with E-state index in [9.17, 15) is 15.6 Å². The summed E-state index contributed by atoms with van der Waals surface area (Å²) in [7, 11) is 0. The highest BCUT2D eigenvalue weighted by atomic mass is 16.3.